The van der Waals surface area contributed by atoms with E-state index in [2.05, 4.69) is 34.3 Å². The molecule has 2 aliphatic heterocycles. The minimum Gasteiger partial charge on any atom is -0.489 e. The first-order chi connectivity index (χ1) is 30.0. The molecule has 1 unspecified atom stereocenters. The zero-order chi connectivity index (χ0) is 43.3. The molecule has 1 amide bonds. The van der Waals surface area contributed by atoms with Crippen molar-refractivity contribution < 1.29 is 33.6 Å². The molecule has 2 aliphatic rings. The van der Waals surface area contributed by atoms with Crippen LogP contribution in [-0.4, -0.2) is 45.6 Å². The van der Waals surface area contributed by atoms with Gasteiger partial charge in [0.2, 0.25) is 5.91 Å². The van der Waals surface area contributed by atoms with Crippen molar-refractivity contribution in [2.75, 3.05) is 6.61 Å². The number of benzene rings is 5. The van der Waals surface area contributed by atoms with Crippen molar-refractivity contribution in [3.8, 4) is 28.7 Å². The first kappa shape index (κ1) is 42.6. The fourth-order valence-corrected chi connectivity index (χ4v) is 8.39. The molecule has 10 nitrogen and oxygen atoms in total. The number of pyridine rings is 1. The van der Waals surface area contributed by atoms with Gasteiger partial charge in [-0.3, -0.25) is 14.7 Å². The summed E-state index contributed by atoms with van der Waals surface area (Å²) in [4.78, 5) is 33.6. The number of carboxylic acid groups (broad SMARTS) is 1. The highest BCUT2D eigenvalue weighted by Crippen LogP contribution is 2.43. The number of ether oxygens (including phenoxy) is 4. The highest BCUT2D eigenvalue weighted by molar-refractivity contribution is 6.42. The zero-order valence-corrected chi connectivity index (χ0v) is 36.2. The molecule has 0 aliphatic carbocycles. The molecule has 5 aromatic carbocycles. The van der Waals surface area contributed by atoms with Crippen LogP contribution in [0.3, 0.4) is 0 Å². The normalized spacial score (nSPS) is 16.7. The summed E-state index contributed by atoms with van der Waals surface area (Å²) in [5, 5.41) is 14.3. The number of aromatic nitrogens is 1. The van der Waals surface area contributed by atoms with Crippen LogP contribution in [0, 0.1) is 13.8 Å². The van der Waals surface area contributed by atoms with Crippen LogP contribution in [0.2, 0.25) is 10.0 Å². The summed E-state index contributed by atoms with van der Waals surface area (Å²) in [6, 6.07) is 34.4. The van der Waals surface area contributed by atoms with Crippen LogP contribution in [0.5, 0.6) is 28.7 Å². The maximum absolute atomic E-state index is 14.4. The number of hydrogen-bond donors (Lipinski definition) is 2. The standard InChI is InChI=1S/C50H47Cl2N3O7/c1-4-43(34-8-6-5-7-9-34)55-27-37-26-47-46(60-29-48(62-47)35-13-17-38(18-14-35)59-28-33-12-19-40(51)41(52)22-33)25-36(37)24-44(55)49(56)54-42(50(57)58)23-32-10-15-39(16-11-32)61-45-20-21-53-31(3)30(45)2/h5-22,25-26,42-44,48H,4,23-24,27-29H2,1-3H3,(H,54,56)(H,57,58)/t42?,43-,44-,48+/m0/s1. The minimum atomic E-state index is -1.15. The molecular formula is C50H47Cl2N3O7. The summed E-state index contributed by atoms with van der Waals surface area (Å²) in [6.07, 6.45) is 2.55. The number of aliphatic carboxylic acids is 1. The molecule has 0 bridgehead atoms. The Bertz CT molecular complexity index is 2550. The molecule has 2 N–H and O–H groups in total. The molecule has 0 saturated heterocycles. The number of aryl methyl sites for hydroxylation is 1. The number of fused-ring (bicyclic) bond motifs is 2. The zero-order valence-electron chi connectivity index (χ0n) is 34.6. The van der Waals surface area contributed by atoms with Crippen LogP contribution < -0.4 is 24.3 Å². The van der Waals surface area contributed by atoms with Gasteiger partial charge < -0.3 is 29.4 Å². The smallest absolute Gasteiger partial charge is 0.326 e. The van der Waals surface area contributed by atoms with Gasteiger partial charge in [-0.2, -0.15) is 0 Å². The molecule has 0 fully saturated rings. The van der Waals surface area contributed by atoms with Gasteiger partial charge in [0.1, 0.15) is 36.5 Å². The molecule has 62 heavy (non-hydrogen) atoms. The molecule has 0 saturated carbocycles. The van der Waals surface area contributed by atoms with Gasteiger partial charge in [-0.1, -0.05) is 90.8 Å². The maximum Gasteiger partial charge on any atom is 0.326 e. The Morgan fingerprint density at radius 2 is 1.60 bits per heavy atom. The lowest BCUT2D eigenvalue weighted by atomic mass is 9.89. The number of carbonyl (C=O) groups is 2. The average molecular weight is 873 g/mol. The number of rotatable bonds is 14. The minimum absolute atomic E-state index is 0.0995. The van der Waals surface area contributed by atoms with Gasteiger partial charge in [0.15, 0.2) is 17.6 Å². The lowest BCUT2D eigenvalue weighted by molar-refractivity contribution is -0.143. The third-order valence-corrected chi connectivity index (χ3v) is 12.4. The van der Waals surface area contributed by atoms with E-state index in [0.29, 0.717) is 65.0 Å². The van der Waals surface area contributed by atoms with Crippen molar-refractivity contribution in [3.63, 3.8) is 0 Å². The van der Waals surface area contributed by atoms with Crippen molar-refractivity contribution in [1.29, 1.82) is 0 Å². The predicted molar refractivity (Wildman–Crippen MR) is 239 cm³/mol. The number of carbonyl (C=O) groups excluding carboxylic acids is 1. The predicted octanol–water partition coefficient (Wildman–Crippen LogP) is 10.6. The van der Waals surface area contributed by atoms with Crippen LogP contribution in [0.25, 0.3) is 0 Å². The monoisotopic (exact) mass is 871 g/mol. The average Bonchev–Trinajstić information content (AvgIpc) is 3.28. The van der Waals surface area contributed by atoms with E-state index in [9.17, 15) is 14.7 Å². The van der Waals surface area contributed by atoms with Gasteiger partial charge in [-0.05, 0) is 115 Å². The SMILES string of the molecule is CC[C@@H](c1ccccc1)N1Cc2cc3c(cc2C[C@H]1C(=O)NC(Cc1ccc(Oc2ccnc(C)c2C)cc1)C(=O)O)OC[C@H](c1ccc(OCc2ccc(Cl)c(Cl)c2)cc1)O3. The molecule has 12 heteroatoms. The summed E-state index contributed by atoms with van der Waals surface area (Å²) in [7, 11) is 0. The van der Waals surface area contributed by atoms with Crippen LogP contribution in [-0.2, 0) is 35.6 Å². The summed E-state index contributed by atoms with van der Waals surface area (Å²) >= 11 is 12.2. The number of nitrogens with one attached hydrogen (secondary N) is 1. The van der Waals surface area contributed by atoms with Crippen molar-refractivity contribution in [2.24, 2.45) is 0 Å². The largest absolute Gasteiger partial charge is 0.489 e. The van der Waals surface area contributed by atoms with Crippen LogP contribution in [0.1, 0.15) is 70.1 Å². The fourth-order valence-electron chi connectivity index (χ4n) is 8.07. The molecule has 1 aromatic heterocycles. The van der Waals surface area contributed by atoms with Crippen LogP contribution in [0.15, 0.2) is 121 Å². The van der Waals surface area contributed by atoms with Gasteiger partial charge in [-0.25, -0.2) is 4.79 Å². The fraction of sp³-hybridized carbons (Fsp3) is 0.260. The van der Waals surface area contributed by atoms with E-state index >= 15 is 0 Å². The Morgan fingerprint density at radius 3 is 2.32 bits per heavy atom. The van der Waals surface area contributed by atoms with Gasteiger partial charge in [0.25, 0.3) is 0 Å². The molecule has 0 radical (unpaired) electrons. The molecule has 0 spiro atoms. The summed E-state index contributed by atoms with van der Waals surface area (Å²) in [5.74, 6) is 1.80. The molecular weight excluding hydrogens is 825 g/mol. The van der Waals surface area contributed by atoms with Gasteiger partial charge in [0.05, 0.1) is 16.1 Å². The Kier molecular flexibility index (Phi) is 13.0. The molecule has 6 aromatic rings. The Hall–Kier alpha value is -6.07. The molecule has 4 atom stereocenters. The molecule has 318 valence electrons. The summed E-state index contributed by atoms with van der Waals surface area (Å²) in [5.41, 5.74) is 7.48. The van der Waals surface area contributed by atoms with Crippen LogP contribution >= 0.6 is 23.2 Å². The first-order valence-electron chi connectivity index (χ1n) is 20.7. The highest BCUT2D eigenvalue weighted by Gasteiger charge is 2.39. The van der Waals surface area contributed by atoms with E-state index in [1.165, 1.54) is 0 Å². The van der Waals surface area contributed by atoms with E-state index in [4.69, 9.17) is 42.1 Å². The Balaban J connectivity index is 0.979. The van der Waals surface area contributed by atoms with Crippen molar-refractivity contribution >= 4 is 35.1 Å². The topological polar surface area (TPSA) is 119 Å². The van der Waals surface area contributed by atoms with Crippen LogP contribution in [0.4, 0.5) is 0 Å². The quantitative estimate of drug-likeness (QED) is 0.110. The lowest BCUT2D eigenvalue weighted by Crippen LogP contribution is -2.55. The number of carboxylic acids is 1. The van der Waals surface area contributed by atoms with Crippen molar-refractivity contribution in [3.05, 3.63) is 176 Å². The van der Waals surface area contributed by atoms with Gasteiger partial charge >= 0.3 is 5.97 Å². The van der Waals surface area contributed by atoms with Gasteiger partial charge in [-0.15, -0.1) is 0 Å². The molecule has 3 heterocycles. The lowest BCUT2D eigenvalue weighted by Gasteiger charge is -2.42. The second-order valence-electron chi connectivity index (χ2n) is 15.7. The highest BCUT2D eigenvalue weighted by atomic mass is 35.5. The first-order valence-corrected chi connectivity index (χ1v) is 21.4. The Labute approximate surface area is 371 Å². The van der Waals surface area contributed by atoms with E-state index in [1.807, 2.05) is 92.7 Å². The maximum atomic E-state index is 14.4. The summed E-state index contributed by atoms with van der Waals surface area (Å²) in [6.45, 7) is 7.07. The molecule has 8 rings (SSSR count). The van der Waals surface area contributed by atoms with E-state index in [-0.39, 0.29) is 24.5 Å². The second kappa shape index (κ2) is 18.9. The van der Waals surface area contributed by atoms with Gasteiger partial charge in [0, 0.05) is 36.5 Å². The number of halogens is 2. The number of nitrogens with zero attached hydrogens (tertiary/aromatic N) is 2. The number of amides is 1. The second-order valence-corrected chi connectivity index (χ2v) is 16.5. The van der Waals surface area contributed by atoms with E-state index in [0.717, 1.165) is 51.1 Å². The van der Waals surface area contributed by atoms with Crippen molar-refractivity contribution in [1.82, 2.24) is 15.2 Å². The Morgan fingerprint density at radius 1 is 0.871 bits per heavy atom. The summed E-state index contributed by atoms with van der Waals surface area (Å²) < 4.78 is 24.9. The number of hydrogen-bond acceptors (Lipinski definition) is 8. The van der Waals surface area contributed by atoms with E-state index < -0.39 is 18.1 Å². The van der Waals surface area contributed by atoms with E-state index in [1.54, 1.807) is 30.5 Å². The van der Waals surface area contributed by atoms with Crippen molar-refractivity contribution in [2.45, 2.75) is 77.4 Å². The third-order valence-electron chi connectivity index (χ3n) is 11.6. The third kappa shape index (κ3) is 9.68.